The number of aliphatic hydroxyl groups excluding tert-OH is 1. The molecule has 0 saturated heterocycles. The molecule has 0 aromatic carbocycles. The van der Waals surface area contributed by atoms with Crippen molar-refractivity contribution in [3.63, 3.8) is 0 Å². The van der Waals surface area contributed by atoms with Crippen LogP contribution in [0.25, 0.3) is 0 Å². The molecule has 0 amide bonds. The highest BCUT2D eigenvalue weighted by atomic mass is 19.3. The third-order valence-corrected chi connectivity index (χ3v) is 3.72. The van der Waals surface area contributed by atoms with Crippen LogP contribution in [0.2, 0.25) is 0 Å². The summed E-state index contributed by atoms with van der Waals surface area (Å²) in [5.41, 5.74) is -1.14. The fourth-order valence-electron chi connectivity index (χ4n) is 2.81. The van der Waals surface area contributed by atoms with Crippen LogP contribution < -0.4 is 0 Å². The van der Waals surface area contributed by atoms with E-state index in [9.17, 15) is 18.7 Å². The van der Waals surface area contributed by atoms with E-state index in [2.05, 4.69) is 0 Å². The number of aliphatic hydroxyl groups is 1. The number of fused-ring (bicyclic) bond motifs is 2. The molecule has 106 valence electrons. The second-order valence-electron chi connectivity index (χ2n) is 5.34. The molecular weight excluding hydrogens is 242 g/mol. The summed E-state index contributed by atoms with van der Waals surface area (Å²) in [6.07, 6.45) is 1.49. The molecule has 0 aromatic heterocycles. The molecule has 18 heavy (non-hydrogen) atoms. The molecule has 3 aliphatic rings. The summed E-state index contributed by atoms with van der Waals surface area (Å²) in [6, 6.07) is 0. The smallest absolute Gasteiger partial charge is 0.377 e. The van der Waals surface area contributed by atoms with E-state index in [1.165, 1.54) is 0 Å². The highest BCUT2D eigenvalue weighted by molar-refractivity contribution is 5.77. The Hall–Kier alpha value is -0.710. The molecule has 1 N–H and O–H groups in total. The highest BCUT2D eigenvalue weighted by Crippen LogP contribution is 2.51. The molecule has 2 unspecified atom stereocenters. The molecular formula is C13H22F2O3. The van der Waals surface area contributed by atoms with Crippen LogP contribution >= 0.6 is 0 Å². The zero-order chi connectivity index (χ0) is 14.1. The van der Waals surface area contributed by atoms with E-state index in [1.807, 2.05) is 13.8 Å². The van der Waals surface area contributed by atoms with Crippen molar-refractivity contribution >= 4 is 5.97 Å². The maximum absolute atomic E-state index is 12.7. The Morgan fingerprint density at radius 1 is 1.39 bits per heavy atom. The van der Waals surface area contributed by atoms with Crippen molar-refractivity contribution in [2.24, 2.45) is 11.8 Å². The lowest BCUT2D eigenvalue weighted by atomic mass is 9.58. The quantitative estimate of drug-likeness (QED) is 0.780. The minimum Gasteiger partial charge on any atom is -0.452 e. The van der Waals surface area contributed by atoms with Gasteiger partial charge in [-0.2, -0.15) is 8.78 Å². The standard InChI is InChI=1S/C11H16F2O3.C2H6/c1-10(16-9(15)11(2,12)13)5-6-3-7(4-6)8(10)14;1-2/h6-8,14H,3-5H2,1-2H3;1-2H3. The van der Waals surface area contributed by atoms with Gasteiger partial charge in [-0.3, -0.25) is 0 Å². The van der Waals surface area contributed by atoms with Crippen LogP contribution in [0.3, 0.4) is 0 Å². The number of hydrogen-bond acceptors (Lipinski definition) is 3. The Bertz CT molecular complexity index is 308. The van der Waals surface area contributed by atoms with Crippen molar-refractivity contribution in [1.82, 2.24) is 0 Å². The number of ether oxygens (including phenoxy) is 1. The summed E-state index contributed by atoms with van der Waals surface area (Å²) in [5, 5.41) is 9.93. The molecule has 3 saturated carbocycles. The number of alkyl halides is 2. The predicted octanol–water partition coefficient (Wildman–Crippen LogP) is 2.76. The fraction of sp³-hybridized carbons (Fsp3) is 0.923. The summed E-state index contributed by atoms with van der Waals surface area (Å²) < 4.78 is 30.3. The van der Waals surface area contributed by atoms with Gasteiger partial charge in [-0.05, 0) is 38.0 Å². The van der Waals surface area contributed by atoms with Crippen LogP contribution in [-0.2, 0) is 9.53 Å². The SMILES string of the molecule is CC.CC(F)(F)C(=O)OC1(C)CC2CC(C2)C1O. The van der Waals surface area contributed by atoms with Gasteiger partial charge in [0.05, 0.1) is 6.10 Å². The van der Waals surface area contributed by atoms with E-state index in [0.717, 1.165) is 12.8 Å². The first kappa shape index (κ1) is 15.3. The van der Waals surface area contributed by atoms with Crippen LogP contribution in [-0.4, -0.2) is 28.7 Å². The average Bonchev–Trinajstić information content (AvgIpc) is 2.22. The molecule has 3 aliphatic carbocycles. The molecule has 0 aromatic rings. The molecule has 2 atom stereocenters. The second-order valence-corrected chi connectivity index (χ2v) is 5.34. The van der Waals surface area contributed by atoms with Crippen LogP contribution in [0.5, 0.6) is 0 Å². The second kappa shape index (κ2) is 5.11. The number of esters is 1. The normalized spacial score (nSPS) is 38.1. The van der Waals surface area contributed by atoms with Gasteiger partial charge in [-0.1, -0.05) is 13.8 Å². The minimum absolute atomic E-state index is 0.0991. The van der Waals surface area contributed by atoms with Crippen LogP contribution in [0, 0.1) is 11.8 Å². The van der Waals surface area contributed by atoms with Gasteiger partial charge >= 0.3 is 11.9 Å². The maximum atomic E-state index is 12.7. The van der Waals surface area contributed by atoms with E-state index in [4.69, 9.17) is 4.74 Å². The van der Waals surface area contributed by atoms with Gasteiger partial charge in [0.2, 0.25) is 0 Å². The first-order valence-electron chi connectivity index (χ1n) is 6.52. The Labute approximate surface area is 107 Å². The monoisotopic (exact) mass is 264 g/mol. The molecule has 5 heteroatoms. The van der Waals surface area contributed by atoms with Gasteiger partial charge in [0.15, 0.2) is 0 Å². The Morgan fingerprint density at radius 2 is 1.89 bits per heavy atom. The average molecular weight is 264 g/mol. The highest BCUT2D eigenvalue weighted by Gasteiger charge is 2.55. The third kappa shape index (κ3) is 2.82. The molecule has 3 nitrogen and oxygen atoms in total. The van der Waals surface area contributed by atoms with Gasteiger partial charge < -0.3 is 9.84 Å². The number of halogens is 2. The molecule has 3 fully saturated rings. The molecule has 0 radical (unpaired) electrons. The largest absolute Gasteiger partial charge is 0.452 e. The molecule has 0 heterocycles. The van der Waals surface area contributed by atoms with Gasteiger partial charge in [0, 0.05) is 6.92 Å². The van der Waals surface area contributed by atoms with E-state index in [-0.39, 0.29) is 5.92 Å². The molecule has 0 aliphatic heterocycles. The van der Waals surface area contributed by atoms with Crippen molar-refractivity contribution in [3.05, 3.63) is 0 Å². The maximum Gasteiger partial charge on any atom is 0.377 e. The lowest BCUT2D eigenvalue weighted by molar-refractivity contribution is -0.222. The fourth-order valence-corrected chi connectivity index (χ4v) is 2.81. The number of carbonyl (C=O) groups excluding carboxylic acids is 1. The summed E-state index contributed by atoms with van der Waals surface area (Å²) >= 11 is 0. The molecule has 2 bridgehead atoms. The van der Waals surface area contributed by atoms with Gasteiger partial charge in [-0.15, -0.1) is 0 Å². The van der Waals surface area contributed by atoms with E-state index in [0.29, 0.717) is 19.3 Å². The van der Waals surface area contributed by atoms with Crippen molar-refractivity contribution in [1.29, 1.82) is 0 Å². The first-order chi connectivity index (χ1) is 8.22. The van der Waals surface area contributed by atoms with Crippen molar-refractivity contribution < 1.29 is 23.4 Å². The predicted molar refractivity (Wildman–Crippen MR) is 63.3 cm³/mol. The van der Waals surface area contributed by atoms with Crippen LogP contribution in [0.4, 0.5) is 8.78 Å². The summed E-state index contributed by atoms with van der Waals surface area (Å²) in [7, 11) is 0. The van der Waals surface area contributed by atoms with Gasteiger partial charge in [-0.25, -0.2) is 4.79 Å². The number of rotatable bonds is 2. The van der Waals surface area contributed by atoms with Gasteiger partial charge in [0.1, 0.15) is 5.60 Å². The number of hydrogen-bond donors (Lipinski definition) is 1. The van der Waals surface area contributed by atoms with Crippen molar-refractivity contribution in [2.45, 2.75) is 64.6 Å². The molecule has 0 spiro atoms. The Morgan fingerprint density at radius 3 is 2.28 bits per heavy atom. The third-order valence-electron chi connectivity index (χ3n) is 3.72. The zero-order valence-electron chi connectivity index (χ0n) is 11.4. The van der Waals surface area contributed by atoms with Gasteiger partial charge in [0.25, 0.3) is 0 Å². The van der Waals surface area contributed by atoms with E-state index < -0.39 is 23.6 Å². The van der Waals surface area contributed by atoms with E-state index in [1.54, 1.807) is 6.92 Å². The minimum atomic E-state index is -3.50. The summed E-state index contributed by atoms with van der Waals surface area (Å²) in [4.78, 5) is 11.1. The summed E-state index contributed by atoms with van der Waals surface area (Å²) in [5.74, 6) is -4.54. The van der Waals surface area contributed by atoms with Crippen LogP contribution in [0.1, 0.15) is 47.0 Å². The van der Waals surface area contributed by atoms with Crippen molar-refractivity contribution in [2.75, 3.05) is 0 Å². The molecule has 3 rings (SSSR count). The first-order valence-corrected chi connectivity index (χ1v) is 6.52. The zero-order valence-corrected chi connectivity index (χ0v) is 11.4. The topological polar surface area (TPSA) is 46.5 Å². The number of carbonyl (C=O) groups is 1. The Kier molecular flexibility index (Phi) is 4.36. The lowest BCUT2D eigenvalue weighted by Gasteiger charge is -2.53. The van der Waals surface area contributed by atoms with E-state index >= 15 is 0 Å². The Balaban J connectivity index is 0.000000771. The van der Waals surface area contributed by atoms with Crippen molar-refractivity contribution in [3.8, 4) is 0 Å². The lowest BCUT2D eigenvalue weighted by Crippen LogP contribution is -2.59. The summed E-state index contributed by atoms with van der Waals surface area (Å²) in [6.45, 7) is 6.05. The van der Waals surface area contributed by atoms with Crippen LogP contribution in [0.15, 0.2) is 0 Å².